The Balaban J connectivity index is 2.52. The first-order valence-electron chi connectivity index (χ1n) is 6.28. The molecule has 0 atom stereocenters. The molecule has 0 radical (unpaired) electrons. The van der Waals surface area contributed by atoms with E-state index in [0.29, 0.717) is 12.3 Å². The van der Waals surface area contributed by atoms with Gasteiger partial charge in [-0.1, -0.05) is 26.0 Å². The van der Waals surface area contributed by atoms with Gasteiger partial charge in [0.1, 0.15) is 0 Å². The van der Waals surface area contributed by atoms with E-state index in [2.05, 4.69) is 19.2 Å². The van der Waals surface area contributed by atoms with E-state index < -0.39 is 5.97 Å². The highest BCUT2D eigenvalue weighted by Gasteiger charge is 2.03. The molecule has 0 bridgehead atoms. The van der Waals surface area contributed by atoms with Crippen LogP contribution >= 0.6 is 0 Å². The van der Waals surface area contributed by atoms with Crippen LogP contribution in [0, 0.1) is 5.92 Å². The molecule has 0 spiro atoms. The Labute approximate surface area is 113 Å². The number of nitrogens with one attached hydrogen (secondary N) is 1. The first-order valence-corrected chi connectivity index (χ1v) is 6.28. The molecule has 0 aliphatic heterocycles. The number of hydrogen-bond donors (Lipinski definition) is 2. The molecule has 2 N–H and O–H groups in total. The van der Waals surface area contributed by atoms with Gasteiger partial charge in [-0.15, -0.1) is 0 Å². The Bertz CT molecular complexity index is 461. The molecule has 1 rings (SSSR count). The maximum atomic E-state index is 11.6. The number of carboxylic acid groups (broad SMARTS) is 1. The second-order valence-electron chi connectivity index (χ2n) is 4.77. The molecule has 0 heterocycles. The molecule has 102 valence electrons. The van der Waals surface area contributed by atoms with Crippen molar-refractivity contribution in [2.45, 2.75) is 26.7 Å². The predicted molar refractivity (Wildman–Crippen MR) is 75.8 cm³/mol. The molecule has 19 heavy (non-hydrogen) atoms. The van der Waals surface area contributed by atoms with Crippen LogP contribution in [0.3, 0.4) is 0 Å². The molecule has 1 aromatic rings. The molecular weight excluding hydrogens is 242 g/mol. The summed E-state index contributed by atoms with van der Waals surface area (Å²) in [5.41, 5.74) is 1.50. The number of carbonyl (C=O) groups is 2. The van der Waals surface area contributed by atoms with Crippen LogP contribution in [0.5, 0.6) is 0 Å². The van der Waals surface area contributed by atoms with Crippen molar-refractivity contribution in [3.63, 3.8) is 0 Å². The molecule has 0 fully saturated rings. The summed E-state index contributed by atoms with van der Waals surface area (Å²) in [6.45, 7) is 4.16. The van der Waals surface area contributed by atoms with Gasteiger partial charge in [-0.2, -0.15) is 0 Å². The van der Waals surface area contributed by atoms with Gasteiger partial charge in [0.15, 0.2) is 0 Å². The van der Waals surface area contributed by atoms with Gasteiger partial charge in [0.25, 0.3) is 0 Å². The van der Waals surface area contributed by atoms with Crippen molar-refractivity contribution < 1.29 is 14.7 Å². The van der Waals surface area contributed by atoms with Crippen molar-refractivity contribution in [3.8, 4) is 0 Å². The lowest BCUT2D eigenvalue weighted by Gasteiger charge is -2.07. The minimum Gasteiger partial charge on any atom is -0.478 e. The Morgan fingerprint density at radius 2 is 1.89 bits per heavy atom. The van der Waals surface area contributed by atoms with Crippen LogP contribution in [0.2, 0.25) is 0 Å². The lowest BCUT2D eigenvalue weighted by Crippen LogP contribution is -2.12. The Kier molecular flexibility index (Phi) is 5.79. The first kappa shape index (κ1) is 15.0. The molecule has 1 amide bonds. The fourth-order valence-corrected chi connectivity index (χ4v) is 1.49. The molecular formula is C15H19NO3. The first-order chi connectivity index (χ1) is 8.97. The molecule has 0 aliphatic carbocycles. The van der Waals surface area contributed by atoms with E-state index in [0.717, 1.165) is 23.7 Å². The van der Waals surface area contributed by atoms with Gasteiger partial charge in [0.2, 0.25) is 5.91 Å². The molecule has 4 heteroatoms. The highest BCUT2D eigenvalue weighted by Crippen LogP contribution is 2.12. The van der Waals surface area contributed by atoms with Crippen molar-refractivity contribution in [1.82, 2.24) is 0 Å². The topological polar surface area (TPSA) is 66.4 Å². The smallest absolute Gasteiger partial charge is 0.328 e. The fourth-order valence-electron chi connectivity index (χ4n) is 1.49. The number of aliphatic carboxylic acids is 1. The normalized spacial score (nSPS) is 10.9. The molecule has 1 aromatic carbocycles. The lowest BCUT2D eigenvalue weighted by atomic mass is 10.1. The SMILES string of the molecule is CC(C)CCC(=O)Nc1ccc(/C=C/C(=O)O)cc1. The Morgan fingerprint density at radius 1 is 1.26 bits per heavy atom. The minimum absolute atomic E-state index is 0.00234. The van der Waals surface area contributed by atoms with E-state index in [4.69, 9.17) is 5.11 Å². The highest BCUT2D eigenvalue weighted by molar-refractivity contribution is 5.91. The molecule has 0 saturated carbocycles. The quantitative estimate of drug-likeness (QED) is 0.773. The molecule has 0 saturated heterocycles. The zero-order valence-electron chi connectivity index (χ0n) is 11.2. The van der Waals surface area contributed by atoms with Gasteiger partial charge in [0, 0.05) is 18.2 Å². The standard InChI is InChI=1S/C15H19NO3/c1-11(2)3-9-14(17)16-13-7-4-12(5-8-13)6-10-15(18)19/h4-8,10-11H,3,9H2,1-2H3,(H,16,17)(H,18,19)/b10-6+. The van der Waals surface area contributed by atoms with E-state index in [1.54, 1.807) is 24.3 Å². The van der Waals surface area contributed by atoms with Crippen LogP contribution in [0.25, 0.3) is 6.08 Å². The predicted octanol–water partition coefficient (Wildman–Crippen LogP) is 3.16. The van der Waals surface area contributed by atoms with Crippen LogP contribution in [-0.4, -0.2) is 17.0 Å². The summed E-state index contributed by atoms with van der Waals surface area (Å²) in [6.07, 6.45) is 3.96. The van der Waals surface area contributed by atoms with Crippen LogP contribution in [0.1, 0.15) is 32.3 Å². The maximum absolute atomic E-state index is 11.6. The number of benzene rings is 1. The van der Waals surface area contributed by atoms with E-state index in [1.807, 2.05) is 0 Å². The summed E-state index contributed by atoms with van der Waals surface area (Å²) >= 11 is 0. The van der Waals surface area contributed by atoms with Gasteiger partial charge < -0.3 is 10.4 Å². The molecule has 0 unspecified atom stereocenters. The van der Waals surface area contributed by atoms with Gasteiger partial charge in [-0.25, -0.2) is 4.79 Å². The maximum Gasteiger partial charge on any atom is 0.328 e. The van der Waals surface area contributed by atoms with Gasteiger partial charge in [-0.3, -0.25) is 4.79 Å². The van der Waals surface area contributed by atoms with Crippen molar-refractivity contribution in [3.05, 3.63) is 35.9 Å². The van der Waals surface area contributed by atoms with Gasteiger partial charge >= 0.3 is 5.97 Å². The van der Waals surface area contributed by atoms with Gasteiger partial charge in [0.05, 0.1) is 0 Å². The number of hydrogen-bond acceptors (Lipinski definition) is 2. The van der Waals surface area contributed by atoms with Crippen molar-refractivity contribution >= 4 is 23.6 Å². The number of amides is 1. The summed E-state index contributed by atoms with van der Waals surface area (Å²) in [5, 5.41) is 11.3. The fraction of sp³-hybridized carbons (Fsp3) is 0.333. The monoisotopic (exact) mass is 261 g/mol. The minimum atomic E-state index is -0.980. The number of carbonyl (C=O) groups excluding carboxylic acids is 1. The van der Waals surface area contributed by atoms with E-state index in [9.17, 15) is 9.59 Å². The van der Waals surface area contributed by atoms with E-state index in [-0.39, 0.29) is 5.91 Å². The summed E-state index contributed by atoms with van der Waals surface area (Å²) in [5.74, 6) is -0.470. The van der Waals surface area contributed by atoms with Crippen molar-refractivity contribution in [2.75, 3.05) is 5.32 Å². The number of carboxylic acids is 1. The van der Waals surface area contributed by atoms with Crippen molar-refractivity contribution in [1.29, 1.82) is 0 Å². The highest BCUT2D eigenvalue weighted by atomic mass is 16.4. The van der Waals surface area contributed by atoms with Gasteiger partial charge in [-0.05, 0) is 36.1 Å². The van der Waals surface area contributed by atoms with E-state index >= 15 is 0 Å². The lowest BCUT2D eigenvalue weighted by molar-refractivity contribution is -0.131. The summed E-state index contributed by atoms with van der Waals surface area (Å²) in [4.78, 5) is 22.0. The largest absolute Gasteiger partial charge is 0.478 e. The molecule has 0 aliphatic rings. The van der Waals surface area contributed by atoms with E-state index in [1.165, 1.54) is 6.08 Å². The third-order valence-corrected chi connectivity index (χ3v) is 2.56. The average molecular weight is 261 g/mol. The summed E-state index contributed by atoms with van der Waals surface area (Å²) < 4.78 is 0. The van der Waals surface area contributed by atoms with Crippen LogP contribution in [-0.2, 0) is 9.59 Å². The Morgan fingerprint density at radius 3 is 2.42 bits per heavy atom. The van der Waals surface area contributed by atoms with Crippen LogP contribution in [0.4, 0.5) is 5.69 Å². The molecule has 4 nitrogen and oxygen atoms in total. The van der Waals surface area contributed by atoms with Crippen molar-refractivity contribution in [2.24, 2.45) is 5.92 Å². The average Bonchev–Trinajstić information content (AvgIpc) is 2.35. The second-order valence-corrected chi connectivity index (χ2v) is 4.77. The third-order valence-electron chi connectivity index (χ3n) is 2.56. The number of anilines is 1. The summed E-state index contributed by atoms with van der Waals surface area (Å²) in [7, 11) is 0. The van der Waals surface area contributed by atoms with Crippen LogP contribution < -0.4 is 5.32 Å². The number of rotatable bonds is 6. The zero-order valence-corrected chi connectivity index (χ0v) is 11.2. The summed E-state index contributed by atoms with van der Waals surface area (Å²) in [6, 6.07) is 7.04. The molecule has 0 aromatic heterocycles. The third kappa shape index (κ3) is 6.41. The van der Waals surface area contributed by atoms with Crippen LogP contribution in [0.15, 0.2) is 30.3 Å². The second kappa shape index (κ2) is 7.36. The Hall–Kier alpha value is -2.10. The zero-order chi connectivity index (χ0) is 14.3.